The van der Waals surface area contributed by atoms with Crippen LogP contribution in [-0.4, -0.2) is 19.1 Å². The Morgan fingerprint density at radius 3 is 2.76 bits per heavy atom. The van der Waals surface area contributed by atoms with Gasteiger partial charge < -0.3 is 15.4 Å². The first kappa shape index (κ1) is 13.5. The van der Waals surface area contributed by atoms with Gasteiger partial charge in [-0.1, -0.05) is 30.3 Å². The molecule has 2 aromatic carbocycles. The highest BCUT2D eigenvalue weighted by molar-refractivity contribution is 5.98. The molecule has 3 rings (SSSR count). The highest BCUT2D eigenvalue weighted by Gasteiger charge is 2.23. The van der Waals surface area contributed by atoms with Gasteiger partial charge in [0.25, 0.3) is 0 Å². The largest absolute Gasteiger partial charge is 0.495 e. The Morgan fingerprint density at radius 2 is 1.90 bits per heavy atom. The zero-order valence-corrected chi connectivity index (χ0v) is 11.9. The van der Waals surface area contributed by atoms with Crippen LogP contribution < -0.4 is 15.4 Å². The number of para-hydroxylation sites is 3. The van der Waals surface area contributed by atoms with Crippen LogP contribution in [0, 0.1) is 0 Å². The van der Waals surface area contributed by atoms with Gasteiger partial charge in [-0.15, -0.1) is 0 Å². The number of carbonyl (C=O) groups excluding carboxylic acids is 1. The molecule has 108 valence electrons. The van der Waals surface area contributed by atoms with E-state index in [1.54, 1.807) is 7.11 Å². The third-order valence-corrected chi connectivity index (χ3v) is 3.73. The van der Waals surface area contributed by atoms with Crippen LogP contribution in [0.5, 0.6) is 5.75 Å². The van der Waals surface area contributed by atoms with Crippen LogP contribution in [0.4, 0.5) is 11.4 Å². The van der Waals surface area contributed by atoms with Gasteiger partial charge >= 0.3 is 0 Å². The Morgan fingerprint density at radius 1 is 1.14 bits per heavy atom. The molecule has 0 saturated heterocycles. The number of carbonyl (C=O) groups is 1. The first-order chi connectivity index (χ1) is 10.3. The number of aryl methyl sites for hydroxylation is 1. The molecular weight excluding hydrogens is 264 g/mol. The van der Waals surface area contributed by atoms with Crippen molar-refractivity contribution < 1.29 is 9.53 Å². The molecule has 1 heterocycles. The fourth-order valence-corrected chi connectivity index (χ4v) is 2.60. The van der Waals surface area contributed by atoms with Gasteiger partial charge in [-0.2, -0.15) is 0 Å². The van der Waals surface area contributed by atoms with E-state index in [1.807, 2.05) is 42.5 Å². The SMILES string of the molecule is COc1ccccc1NC1CCc2ccccc2NC1=O. The molecule has 0 aliphatic carbocycles. The molecule has 0 spiro atoms. The van der Waals surface area contributed by atoms with Gasteiger partial charge in [0.15, 0.2) is 0 Å². The summed E-state index contributed by atoms with van der Waals surface area (Å²) in [5.74, 6) is 0.734. The molecule has 4 heteroatoms. The summed E-state index contributed by atoms with van der Waals surface area (Å²) in [6.45, 7) is 0. The van der Waals surface area contributed by atoms with E-state index in [2.05, 4.69) is 16.7 Å². The van der Waals surface area contributed by atoms with Crippen LogP contribution >= 0.6 is 0 Å². The van der Waals surface area contributed by atoms with Gasteiger partial charge in [0.05, 0.1) is 12.8 Å². The molecule has 0 fully saturated rings. The topological polar surface area (TPSA) is 50.4 Å². The second kappa shape index (κ2) is 5.87. The third kappa shape index (κ3) is 2.84. The molecule has 4 nitrogen and oxygen atoms in total. The summed E-state index contributed by atoms with van der Waals surface area (Å²) in [5.41, 5.74) is 2.92. The van der Waals surface area contributed by atoms with Crippen molar-refractivity contribution >= 4 is 17.3 Å². The maximum atomic E-state index is 12.4. The van der Waals surface area contributed by atoms with E-state index in [0.717, 1.165) is 30.0 Å². The average molecular weight is 282 g/mol. The number of amides is 1. The van der Waals surface area contributed by atoms with Crippen LogP contribution in [-0.2, 0) is 11.2 Å². The minimum Gasteiger partial charge on any atom is -0.495 e. The standard InChI is InChI=1S/C17H18N2O2/c1-21-16-9-5-4-8-14(16)18-15-11-10-12-6-2-3-7-13(12)19-17(15)20/h2-9,15,18H,10-11H2,1H3,(H,19,20). The average Bonchev–Trinajstić information content (AvgIpc) is 2.67. The number of methoxy groups -OCH3 is 1. The number of benzene rings is 2. The maximum absolute atomic E-state index is 12.4. The Labute approximate surface area is 124 Å². The number of hydrogen-bond acceptors (Lipinski definition) is 3. The van der Waals surface area contributed by atoms with E-state index in [9.17, 15) is 4.79 Å². The van der Waals surface area contributed by atoms with Crippen molar-refractivity contribution in [3.63, 3.8) is 0 Å². The lowest BCUT2D eigenvalue weighted by Gasteiger charge is -2.18. The molecule has 1 aliphatic rings. The zero-order valence-electron chi connectivity index (χ0n) is 11.9. The first-order valence-electron chi connectivity index (χ1n) is 7.06. The molecule has 1 atom stereocenters. The first-order valence-corrected chi connectivity index (χ1v) is 7.06. The molecule has 0 aromatic heterocycles. The van der Waals surface area contributed by atoms with E-state index in [1.165, 1.54) is 5.56 Å². The summed E-state index contributed by atoms with van der Waals surface area (Å²) >= 11 is 0. The number of anilines is 2. The highest BCUT2D eigenvalue weighted by Crippen LogP contribution is 2.27. The zero-order chi connectivity index (χ0) is 14.7. The van der Waals surface area contributed by atoms with Gasteiger partial charge in [0, 0.05) is 5.69 Å². The molecule has 0 radical (unpaired) electrons. The third-order valence-electron chi connectivity index (χ3n) is 3.73. The molecule has 0 saturated carbocycles. The van der Waals surface area contributed by atoms with Crippen LogP contribution in [0.1, 0.15) is 12.0 Å². The Hall–Kier alpha value is -2.49. The molecule has 1 unspecified atom stereocenters. The number of ether oxygens (including phenoxy) is 1. The van der Waals surface area contributed by atoms with E-state index in [0.29, 0.717) is 0 Å². The Bertz CT molecular complexity index is 655. The van der Waals surface area contributed by atoms with Crippen molar-refractivity contribution in [1.82, 2.24) is 0 Å². The molecule has 2 aromatic rings. The van der Waals surface area contributed by atoms with E-state index in [4.69, 9.17) is 4.74 Å². The number of rotatable bonds is 3. The highest BCUT2D eigenvalue weighted by atomic mass is 16.5. The predicted molar refractivity (Wildman–Crippen MR) is 83.8 cm³/mol. The fourth-order valence-electron chi connectivity index (χ4n) is 2.60. The summed E-state index contributed by atoms with van der Waals surface area (Å²) in [7, 11) is 1.63. The van der Waals surface area contributed by atoms with Gasteiger partial charge in [-0.3, -0.25) is 4.79 Å². The fraction of sp³-hybridized carbons (Fsp3) is 0.235. The molecular formula is C17H18N2O2. The van der Waals surface area contributed by atoms with Crippen LogP contribution in [0.3, 0.4) is 0 Å². The molecule has 21 heavy (non-hydrogen) atoms. The van der Waals surface area contributed by atoms with Crippen molar-refractivity contribution in [3.8, 4) is 5.75 Å². The lowest BCUT2D eigenvalue weighted by Crippen LogP contribution is -2.33. The van der Waals surface area contributed by atoms with Crippen LogP contribution in [0.15, 0.2) is 48.5 Å². The smallest absolute Gasteiger partial charge is 0.246 e. The van der Waals surface area contributed by atoms with Crippen molar-refractivity contribution in [2.75, 3.05) is 17.7 Å². The van der Waals surface area contributed by atoms with Gasteiger partial charge in [-0.05, 0) is 36.6 Å². The minimum atomic E-state index is -0.270. The number of hydrogen-bond donors (Lipinski definition) is 2. The van der Waals surface area contributed by atoms with E-state index >= 15 is 0 Å². The Balaban J connectivity index is 1.80. The van der Waals surface area contributed by atoms with Gasteiger partial charge in [0.2, 0.25) is 5.91 Å². The summed E-state index contributed by atoms with van der Waals surface area (Å²) in [6.07, 6.45) is 1.61. The van der Waals surface area contributed by atoms with E-state index in [-0.39, 0.29) is 11.9 Å². The Kier molecular flexibility index (Phi) is 3.77. The summed E-state index contributed by atoms with van der Waals surface area (Å²) < 4.78 is 5.32. The maximum Gasteiger partial charge on any atom is 0.246 e. The summed E-state index contributed by atoms with van der Waals surface area (Å²) in [6, 6.07) is 15.3. The van der Waals surface area contributed by atoms with Crippen molar-refractivity contribution in [2.45, 2.75) is 18.9 Å². The second-order valence-corrected chi connectivity index (χ2v) is 5.08. The van der Waals surface area contributed by atoms with Gasteiger partial charge in [0.1, 0.15) is 11.8 Å². The van der Waals surface area contributed by atoms with Crippen LogP contribution in [0.2, 0.25) is 0 Å². The predicted octanol–water partition coefficient (Wildman–Crippen LogP) is 3.06. The molecule has 1 amide bonds. The lowest BCUT2D eigenvalue weighted by molar-refractivity contribution is -0.116. The van der Waals surface area contributed by atoms with Gasteiger partial charge in [-0.25, -0.2) is 0 Å². The monoisotopic (exact) mass is 282 g/mol. The molecule has 1 aliphatic heterocycles. The van der Waals surface area contributed by atoms with Crippen molar-refractivity contribution in [3.05, 3.63) is 54.1 Å². The van der Waals surface area contributed by atoms with Crippen LogP contribution in [0.25, 0.3) is 0 Å². The molecule has 2 N–H and O–H groups in total. The van der Waals surface area contributed by atoms with Crippen molar-refractivity contribution in [2.24, 2.45) is 0 Å². The normalized spacial score (nSPS) is 17.4. The quantitative estimate of drug-likeness (QED) is 0.909. The van der Waals surface area contributed by atoms with Crippen molar-refractivity contribution in [1.29, 1.82) is 0 Å². The van der Waals surface area contributed by atoms with E-state index < -0.39 is 0 Å². The lowest BCUT2D eigenvalue weighted by atomic mass is 10.1. The molecule has 0 bridgehead atoms. The summed E-state index contributed by atoms with van der Waals surface area (Å²) in [5, 5.41) is 6.28. The number of nitrogens with one attached hydrogen (secondary N) is 2. The number of fused-ring (bicyclic) bond motifs is 1. The summed E-state index contributed by atoms with van der Waals surface area (Å²) in [4.78, 5) is 12.4. The minimum absolute atomic E-state index is 0.00847. The second-order valence-electron chi connectivity index (χ2n) is 5.08.